The molecule has 0 saturated heterocycles. The highest BCUT2D eigenvalue weighted by Gasteiger charge is 2.14. The molecule has 0 heterocycles. The molecule has 0 saturated carbocycles. The number of carbonyl (C=O) groups excluding carboxylic acids is 2. The summed E-state index contributed by atoms with van der Waals surface area (Å²) in [5, 5.41) is 6.27. The summed E-state index contributed by atoms with van der Waals surface area (Å²) < 4.78 is 0. The maximum atomic E-state index is 12.2. The molecule has 0 spiro atoms. The van der Waals surface area contributed by atoms with Crippen LogP contribution in [0.25, 0.3) is 0 Å². The lowest BCUT2D eigenvalue weighted by Gasteiger charge is -2.15. The van der Waals surface area contributed by atoms with E-state index in [0.29, 0.717) is 16.3 Å². The third-order valence-corrected chi connectivity index (χ3v) is 3.63. The summed E-state index contributed by atoms with van der Waals surface area (Å²) in [6, 6.07) is 12.5. The van der Waals surface area contributed by atoms with E-state index in [0.717, 1.165) is 11.3 Å². The van der Waals surface area contributed by atoms with Gasteiger partial charge >= 0.3 is 0 Å². The van der Waals surface area contributed by atoms with Crippen LogP contribution in [0.5, 0.6) is 0 Å². The van der Waals surface area contributed by atoms with Crippen molar-refractivity contribution in [2.75, 3.05) is 31.3 Å². The molecule has 0 aromatic heterocycles. The van der Waals surface area contributed by atoms with E-state index in [1.807, 2.05) is 31.2 Å². The van der Waals surface area contributed by atoms with E-state index < -0.39 is 0 Å². The molecule has 0 aliphatic carbocycles. The van der Waals surface area contributed by atoms with Gasteiger partial charge in [0.25, 0.3) is 5.91 Å². The summed E-state index contributed by atoms with van der Waals surface area (Å²) in [4.78, 5) is 25.7. The number of benzene rings is 2. The molecule has 0 unspecified atom stereocenters. The lowest BCUT2D eigenvalue weighted by Crippen LogP contribution is -2.25. The van der Waals surface area contributed by atoms with Crippen molar-refractivity contribution in [2.24, 2.45) is 0 Å². The van der Waals surface area contributed by atoms with Crippen molar-refractivity contribution in [3.8, 4) is 0 Å². The lowest BCUT2D eigenvalue weighted by atomic mass is 10.1. The van der Waals surface area contributed by atoms with Crippen LogP contribution in [0.2, 0.25) is 5.02 Å². The summed E-state index contributed by atoms with van der Waals surface area (Å²) in [6.45, 7) is 2.01. The number of halogens is 1. The lowest BCUT2D eigenvalue weighted by molar-refractivity contribution is -0.114. The molecule has 2 aromatic rings. The molecule has 126 valence electrons. The van der Waals surface area contributed by atoms with Crippen LogP contribution in [-0.2, 0) is 4.79 Å². The highest BCUT2D eigenvalue weighted by molar-refractivity contribution is 6.31. The third kappa shape index (κ3) is 4.73. The van der Waals surface area contributed by atoms with Gasteiger partial charge in [-0.05, 0) is 37.3 Å². The van der Waals surface area contributed by atoms with Crippen molar-refractivity contribution >= 4 is 34.8 Å². The first-order valence-corrected chi connectivity index (χ1v) is 7.86. The zero-order valence-electron chi connectivity index (χ0n) is 13.9. The molecule has 6 heteroatoms. The molecule has 0 atom stereocenters. The van der Waals surface area contributed by atoms with Crippen molar-refractivity contribution < 1.29 is 9.59 Å². The molecule has 5 nitrogen and oxygen atoms in total. The number of nitrogens with zero attached hydrogens (tertiary/aromatic N) is 1. The minimum absolute atomic E-state index is 0.0297. The molecule has 0 aliphatic heterocycles. The minimum Gasteiger partial charge on any atom is -0.375 e. The Morgan fingerprint density at radius 1 is 1.08 bits per heavy atom. The topological polar surface area (TPSA) is 61.4 Å². The first kappa shape index (κ1) is 17.8. The molecule has 0 aliphatic rings. The van der Waals surface area contributed by atoms with Gasteiger partial charge in [-0.1, -0.05) is 29.3 Å². The number of amides is 2. The Morgan fingerprint density at radius 2 is 1.75 bits per heavy atom. The van der Waals surface area contributed by atoms with Crippen LogP contribution in [-0.4, -0.2) is 37.4 Å². The highest BCUT2D eigenvalue weighted by atomic mass is 35.5. The zero-order valence-corrected chi connectivity index (χ0v) is 14.6. The average molecular weight is 346 g/mol. The van der Waals surface area contributed by atoms with E-state index in [1.165, 1.54) is 4.90 Å². The molecule has 2 amide bonds. The molecule has 0 bridgehead atoms. The van der Waals surface area contributed by atoms with Gasteiger partial charge < -0.3 is 15.5 Å². The monoisotopic (exact) mass is 345 g/mol. The summed E-state index contributed by atoms with van der Waals surface area (Å²) in [5.41, 5.74) is 2.84. The van der Waals surface area contributed by atoms with Crippen molar-refractivity contribution in [2.45, 2.75) is 6.92 Å². The minimum atomic E-state index is -0.206. The predicted octanol–water partition coefficient (Wildman–Crippen LogP) is 3.40. The standard InChI is InChI=1S/C18H20ClN3O2/c1-12-4-7-14(8-5-12)21-17(23)11-20-16-10-13(19)6-9-15(16)18(24)22(2)3/h4-10,20H,11H2,1-3H3,(H,21,23). The fourth-order valence-corrected chi connectivity index (χ4v) is 2.28. The number of rotatable bonds is 5. The zero-order chi connectivity index (χ0) is 17.7. The summed E-state index contributed by atoms with van der Waals surface area (Å²) in [7, 11) is 3.34. The second-order valence-corrected chi connectivity index (χ2v) is 6.09. The average Bonchev–Trinajstić information content (AvgIpc) is 2.54. The summed E-state index contributed by atoms with van der Waals surface area (Å²) >= 11 is 6.00. The van der Waals surface area contributed by atoms with Crippen LogP contribution < -0.4 is 10.6 Å². The Labute approximate surface area is 146 Å². The van der Waals surface area contributed by atoms with Crippen molar-refractivity contribution in [3.63, 3.8) is 0 Å². The molecule has 0 fully saturated rings. The normalized spacial score (nSPS) is 10.2. The van der Waals surface area contributed by atoms with Crippen LogP contribution in [0.1, 0.15) is 15.9 Å². The Hall–Kier alpha value is -2.53. The number of hydrogen-bond donors (Lipinski definition) is 2. The quantitative estimate of drug-likeness (QED) is 0.873. The first-order chi connectivity index (χ1) is 11.4. The predicted molar refractivity (Wildman–Crippen MR) is 97.8 cm³/mol. The van der Waals surface area contributed by atoms with Crippen LogP contribution >= 0.6 is 11.6 Å². The van der Waals surface area contributed by atoms with Gasteiger partial charge in [0.1, 0.15) is 0 Å². The van der Waals surface area contributed by atoms with Gasteiger partial charge in [-0.15, -0.1) is 0 Å². The number of carbonyl (C=O) groups is 2. The van der Waals surface area contributed by atoms with E-state index in [2.05, 4.69) is 10.6 Å². The molecule has 2 aromatic carbocycles. The maximum absolute atomic E-state index is 12.2. The Morgan fingerprint density at radius 3 is 2.38 bits per heavy atom. The van der Waals surface area contributed by atoms with Gasteiger partial charge in [-0.3, -0.25) is 9.59 Å². The fourth-order valence-electron chi connectivity index (χ4n) is 2.11. The number of aryl methyl sites for hydroxylation is 1. The van der Waals surface area contributed by atoms with Gasteiger partial charge in [0, 0.05) is 30.5 Å². The van der Waals surface area contributed by atoms with Crippen LogP contribution in [0.3, 0.4) is 0 Å². The van der Waals surface area contributed by atoms with E-state index in [9.17, 15) is 9.59 Å². The molecular formula is C18H20ClN3O2. The van der Waals surface area contributed by atoms with Crippen LogP contribution in [0, 0.1) is 6.92 Å². The van der Waals surface area contributed by atoms with Crippen molar-refractivity contribution in [1.29, 1.82) is 0 Å². The Bertz CT molecular complexity index is 742. The van der Waals surface area contributed by atoms with Crippen LogP contribution in [0.15, 0.2) is 42.5 Å². The fraction of sp³-hybridized carbons (Fsp3) is 0.222. The summed E-state index contributed by atoms with van der Waals surface area (Å²) in [5.74, 6) is -0.366. The molecule has 0 radical (unpaired) electrons. The number of hydrogen-bond acceptors (Lipinski definition) is 3. The third-order valence-electron chi connectivity index (χ3n) is 3.39. The molecule has 24 heavy (non-hydrogen) atoms. The van der Waals surface area contributed by atoms with Crippen molar-refractivity contribution in [1.82, 2.24) is 4.90 Å². The van der Waals surface area contributed by atoms with Crippen LogP contribution in [0.4, 0.5) is 11.4 Å². The molecular weight excluding hydrogens is 326 g/mol. The first-order valence-electron chi connectivity index (χ1n) is 7.48. The van der Waals surface area contributed by atoms with Gasteiger partial charge in [0.2, 0.25) is 5.91 Å². The Balaban J connectivity index is 2.05. The van der Waals surface area contributed by atoms with Gasteiger partial charge in [0.15, 0.2) is 0 Å². The number of anilines is 2. The van der Waals surface area contributed by atoms with Crippen molar-refractivity contribution in [3.05, 3.63) is 58.6 Å². The van der Waals surface area contributed by atoms with E-state index in [-0.39, 0.29) is 18.4 Å². The van der Waals surface area contributed by atoms with E-state index >= 15 is 0 Å². The maximum Gasteiger partial charge on any atom is 0.255 e. The second kappa shape index (κ2) is 7.84. The highest BCUT2D eigenvalue weighted by Crippen LogP contribution is 2.22. The second-order valence-electron chi connectivity index (χ2n) is 5.66. The van der Waals surface area contributed by atoms with Gasteiger partial charge in [-0.25, -0.2) is 0 Å². The largest absolute Gasteiger partial charge is 0.375 e. The van der Waals surface area contributed by atoms with Gasteiger partial charge in [-0.2, -0.15) is 0 Å². The van der Waals surface area contributed by atoms with Gasteiger partial charge in [0.05, 0.1) is 12.1 Å². The Kier molecular flexibility index (Phi) is 5.82. The SMILES string of the molecule is Cc1ccc(NC(=O)CNc2cc(Cl)ccc2C(=O)N(C)C)cc1. The van der Waals surface area contributed by atoms with E-state index in [1.54, 1.807) is 32.3 Å². The van der Waals surface area contributed by atoms with E-state index in [4.69, 9.17) is 11.6 Å². The number of nitrogens with one attached hydrogen (secondary N) is 2. The smallest absolute Gasteiger partial charge is 0.255 e. The molecule has 2 rings (SSSR count). The summed E-state index contributed by atoms with van der Waals surface area (Å²) in [6.07, 6.45) is 0. The molecule has 2 N–H and O–H groups in total.